The van der Waals surface area contributed by atoms with E-state index in [1.165, 1.54) is 12.1 Å². The fourth-order valence-corrected chi connectivity index (χ4v) is 2.76. The molecule has 1 aliphatic heterocycles. The average Bonchev–Trinajstić information content (AvgIpc) is 3.07. The molecule has 0 aliphatic carbocycles. The SMILES string of the molecule is CCOc1ccc(NC(=O)C2CNNC2c2ccc(F)cc2)cc1. The van der Waals surface area contributed by atoms with Gasteiger partial charge in [0.15, 0.2) is 0 Å². The summed E-state index contributed by atoms with van der Waals surface area (Å²) in [6.07, 6.45) is 0. The van der Waals surface area contributed by atoms with Crippen LogP contribution < -0.4 is 20.9 Å². The highest BCUT2D eigenvalue weighted by Crippen LogP contribution is 2.26. The van der Waals surface area contributed by atoms with Gasteiger partial charge in [0, 0.05) is 12.2 Å². The highest BCUT2D eigenvalue weighted by atomic mass is 19.1. The molecule has 1 aliphatic rings. The Morgan fingerprint density at radius 2 is 1.92 bits per heavy atom. The molecule has 2 aromatic rings. The third-order valence-corrected chi connectivity index (χ3v) is 3.98. The molecule has 24 heavy (non-hydrogen) atoms. The first-order chi connectivity index (χ1) is 11.7. The Labute approximate surface area is 140 Å². The van der Waals surface area contributed by atoms with Crippen LogP contribution in [0, 0.1) is 11.7 Å². The van der Waals surface area contributed by atoms with Crippen molar-refractivity contribution in [2.45, 2.75) is 13.0 Å². The molecule has 3 rings (SSSR count). The minimum Gasteiger partial charge on any atom is -0.494 e. The van der Waals surface area contributed by atoms with Crippen LogP contribution in [-0.4, -0.2) is 19.1 Å². The van der Waals surface area contributed by atoms with Crippen molar-refractivity contribution in [2.75, 3.05) is 18.5 Å². The van der Waals surface area contributed by atoms with E-state index in [2.05, 4.69) is 16.2 Å². The zero-order valence-electron chi connectivity index (χ0n) is 13.4. The molecule has 3 N–H and O–H groups in total. The molecule has 0 radical (unpaired) electrons. The Hall–Kier alpha value is -2.44. The molecule has 0 saturated carbocycles. The lowest BCUT2D eigenvalue weighted by molar-refractivity contribution is -0.119. The molecule has 1 heterocycles. The summed E-state index contributed by atoms with van der Waals surface area (Å²) in [4.78, 5) is 12.6. The largest absolute Gasteiger partial charge is 0.494 e. The number of hydrazine groups is 1. The number of carbonyl (C=O) groups is 1. The third kappa shape index (κ3) is 3.72. The lowest BCUT2D eigenvalue weighted by Crippen LogP contribution is -2.29. The predicted octanol–water partition coefficient (Wildman–Crippen LogP) is 2.63. The molecule has 1 fully saturated rings. The first-order valence-corrected chi connectivity index (χ1v) is 7.95. The summed E-state index contributed by atoms with van der Waals surface area (Å²) >= 11 is 0. The first-order valence-electron chi connectivity index (χ1n) is 7.95. The van der Waals surface area contributed by atoms with Gasteiger partial charge in [0.25, 0.3) is 0 Å². The molecule has 0 aromatic heterocycles. The molecule has 2 aromatic carbocycles. The van der Waals surface area contributed by atoms with Crippen molar-refractivity contribution in [3.63, 3.8) is 0 Å². The highest BCUT2D eigenvalue weighted by molar-refractivity contribution is 5.93. The molecule has 2 unspecified atom stereocenters. The van der Waals surface area contributed by atoms with Crippen LogP contribution in [0.5, 0.6) is 5.75 Å². The molecule has 1 amide bonds. The van der Waals surface area contributed by atoms with Crippen LogP contribution >= 0.6 is 0 Å². The van der Waals surface area contributed by atoms with E-state index in [0.29, 0.717) is 18.8 Å². The van der Waals surface area contributed by atoms with E-state index in [4.69, 9.17) is 4.74 Å². The maximum Gasteiger partial charge on any atom is 0.230 e. The molecule has 126 valence electrons. The van der Waals surface area contributed by atoms with E-state index in [9.17, 15) is 9.18 Å². The van der Waals surface area contributed by atoms with Gasteiger partial charge in [-0.05, 0) is 48.9 Å². The van der Waals surface area contributed by atoms with Gasteiger partial charge in [-0.3, -0.25) is 10.2 Å². The van der Waals surface area contributed by atoms with Gasteiger partial charge < -0.3 is 10.1 Å². The minimum atomic E-state index is -0.292. The van der Waals surface area contributed by atoms with Crippen molar-refractivity contribution in [3.8, 4) is 5.75 Å². The average molecular weight is 329 g/mol. The fraction of sp³-hybridized carbons (Fsp3) is 0.278. The van der Waals surface area contributed by atoms with Gasteiger partial charge in [-0.25, -0.2) is 9.82 Å². The van der Waals surface area contributed by atoms with Crippen LogP contribution in [0.1, 0.15) is 18.5 Å². The maximum atomic E-state index is 13.1. The minimum absolute atomic E-state index is 0.0917. The standard InChI is InChI=1S/C18H20FN3O2/c1-2-24-15-9-7-14(8-10-15)21-18(23)16-11-20-22-17(16)12-3-5-13(19)6-4-12/h3-10,16-17,20,22H,2,11H2,1H3,(H,21,23). The Morgan fingerprint density at radius 3 is 2.58 bits per heavy atom. The zero-order valence-corrected chi connectivity index (χ0v) is 13.4. The summed E-state index contributed by atoms with van der Waals surface area (Å²) in [7, 11) is 0. The Kier molecular flexibility index (Phi) is 5.08. The summed E-state index contributed by atoms with van der Waals surface area (Å²) in [5, 5.41) is 2.92. The van der Waals surface area contributed by atoms with E-state index < -0.39 is 0 Å². The predicted molar refractivity (Wildman–Crippen MR) is 90.0 cm³/mol. The number of hydrogen-bond donors (Lipinski definition) is 3. The highest BCUT2D eigenvalue weighted by Gasteiger charge is 2.33. The number of amides is 1. The Bertz CT molecular complexity index is 688. The lowest BCUT2D eigenvalue weighted by atomic mass is 9.94. The number of ether oxygens (including phenoxy) is 1. The summed E-state index contributed by atoms with van der Waals surface area (Å²) < 4.78 is 18.5. The van der Waals surface area contributed by atoms with Gasteiger partial charge in [-0.15, -0.1) is 0 Å². The van der Waals surface area contributed by atoms with Crippen molar-refractivity contribution in [1.29, 1.82) is 0 Å². The quantitative estimate of drug-likeness (QED) is 0.789. The number of rotatable bonds is 5. The van der Waals surface area contributed by atoms with Crippen molar-refractivity contribution >= 4 is 11.6 Å². The van der Waals surface area contributed by atoms with Gasteiger partial charge in [-0.2, -0.15) is 0 Å². The molecule has 2 atom stereocenters. The number of hydrogen-bond acceptors (Lipinski definition) is 4. The van der Waals surface area contributed by atoms with Gasteiger partial charge in [0.2, 0.25) is 5.91 Å². The summed E-state index contributed by atoms with van der Waals surface area (Å²) in [6.45, 7) is 3.03. The number of benzene rings is 2. The molecular weight excluding hydrogens is 309 g/mol. The van der Waals surface area contributed by atoms with Crippen LogP contribution in [-0.2, 0) is 4.79 Å². The second kappa shape index (κ2) is 7.42. The van der Waals surface area contributed by atoms with E-state index >= 15 is 0 Å². The second-order valence-corrected chi connectivity index (χ2v) is 5.61. The first kappa shape index (κ1) is 16.4. The Balaban J connectivity index is 1.68. The van der Waals surface area contributed by atoms with Crippen LogP contribution in [0.4, 0.5) is 10.1 Å². The zero-order chi connectivity index (χ0) is 16.9. The second-order valence-electron chi connectivity index (χ2n) is 5.61. The smallest absolute Gasteiger partial charge is 0.230 e. The van der Waals surface area contributed by atoms with Crippen molar-refractivity contribution in [2.24, 2.45) is 5.92 Å². The summed E-state index contributed by atoms with van der Waals surface area (Å²) in [5.74, 6) is 0.0944. The fourth-order valence-electron chi connectivity index (χ4n) is 2.76. The topological polar surface area (TPSA) is 62.4 Å². The number of carbonyl (C=O) groups excluding carboxylic acids is 1. The van der Waals surface area contributed by atoms with Gasteiger partial charge in [-0.1, -0.05) is 12.1 Å². The number of nitrogens with one attached hydrogen (secondary N) is 3. The van der Waals surface area contributed by atoms with Crippen LogP contribution in [0.15, 0.2) is 48.5 Å². The molecule has 1 saturated heterocycles. The summed E-state index contributed by atoms with van der Waals surface area (Å²) in [6, 6.07) is 13.2. The summed E-state index contributed by atoms with van der Waals surface area (Å²) in [5.41, 5.74) is 7.67. The van der Waals surface area contributed by atoms with Gasteiger partial charge >= 0.3 is 0 Å². The van der Waals surface area contributed by atoms with Crippen LogP contribution in [0.25, 0.3) is 0 Å². The van der Waals surface area contributed by atoms with Crippen molar-refractivity contribution in [1.82, 2.24) is 10.9 Å². The molecular formula is C18H20FN3O2. The lowest BCUT2D eigenvalue weighted by Gasteiger charge is -2.18. The van der Waals surface area contributed by atoms with E-state index in [-0.39, 0.29) is 23.7 Å². The number of halogens is 1. The molecule has 6 heteroatoms. The molecule has 0 spiro atoms. The third-order valence-electron chi connectivity index (χ3n) is 3.98. The monoisotopic (exact) mass is 329 g/mol. The van der Waals surface area contributed by atoms with Crippen LogP contribution in [0.3, 0.4) is 0 Å². The molecule has 0 bridgehead atoms. The number of anilines is 1. The van der Waals surface area contributed by atoms with Crippen molar-refractivity contribution in [3.05, 3.63) is 59.9 Å². The van der Waals surface area contributed by atoms with Crippen molar-refractivity contribution < 1.29 is 13.9 Å². The van der Waals surface area contributed by atoms with Crippen LogP contribution in [0.2, 0.25) is 0 Å². The Morgan fingerprint density at radius 1 is 1.21 bits per heavy atom. The van der Waals surface area contributed by atoms with Gasteiger partial charge in [0.05, 0.1) is 18.6 Å². The maximum absolute atomic E-state index is 13.1. The molecule has 5 nitrogen and oxygen atoms in total. The van der Waals surface area contributed by atoms with E-state index in [1.807, 2.05) is 31.2 Å². The van der Waals surface area contributed by atoms with E-state index in [0.717, 1.165) is 11.3 Å². The van der Waals surface area contributed by atoms with E-state index in [1.54, 1.807) is 12.1 Å². The van der Waals surface area contributed by atoms with Gasteiger partial charge in [0.1, 0.15) is 11.6 Å². The normalized spacial score (nSPS) is 19.9.